The van der Waals surface area contributed by atoms with E-state index < -0.39 is 6.10 Å². The summed E-state index contributed by atoms with van der Waals surface area (Å²) in [4.78, 5) is 0. The smallest absolute Gasteiger partial charge is 0.126 e. The first-order chi connectivity index (χ1) is 9.52. The lowest BCUT2D eigenvalue weighted by Gasteiger charge is -2.16. The van der Waals surface area contributed by atoms with E-state index in [9.17, 15) is 9.50 Å². The quantitative estimate of drug-likeness (QED) is 0.920. The van der Waals surface area contributed by atoms with Crippen LogP contribution in [0.3, 0.4) is 0 Å². The molecule has 0 heterocycles. The molecule has 2 nitrogen and oxygen atoms in total. The summed E-state index contributed by atoms with van der Waals surface area (Å²) in [5.74, 6) is 0.542. The van der Waals surface area contributed by atoms with Crippen molar-refractivity contribution in [2.75, 3.05) is 7.11 Å². The molecular weight excluding hydrogens is 255 g/mol. The molecule has 0 amide bonds. The fraction of sp³-hybridized carbons (Fsp3) is 0.294. The first-order valence-electron chi connectivity index (χ1n) is 6.59. The van der Waals surface area contributed by atoms with Gasteiger partial charge in [0.25, 0.3) is 0 Å². The van der Waals surface area contributed by atoms with Gasteiger partial charge >= 0.3 is 0 Å². The summed E-state index contributed by atoms with van der Waals surface area (Å²) >= 11 is 0. The van der Waals surface area contributed by atoms with Crippen molar-refractivity contribution in [1.82, 2.24) is 0 Å². The van der Waals surface area contributed by atoms with E-state index >= 15 is 0 Å². The molecule has 20 heavy (non-hydrogen) atoms. The molecule has 1 unspecified atom stereocenters. The van der Waals surface area contributed by atoms with E-state index in [2.05, 4.69) is 0 Å². The zero-order valence-corrected chi connectivity index (χ0v) is 12.0. The predicted molar refractivity (Wildman–Crippen MR) is 77.5 cm³/mol. The largest absolute Gasteiger partial charge is 0.496 e. The number of rotatable bonds is 4. The molecule has 0 aliphatic heterocycles. The summed E-state index contributed by atoms with van der Waals surface area (Å²) in [5.41, 5.74) is 3.24. The maximum absolute atomic E-state index is 13.6. The van der Waals surface area contributed by atoms with Crippen molar-refractivity contribution in [3.05, 3.63) is 64.5 Å². The van der Waals surface area contributed by atoms with Crippen LogP contribution >= 0.6 is 0 Å². The molecule has 0 saturated heterocycles. The number of halogens is 1. The lowest BCUT2D eigenvalue weighted by molar-refractivity contribution is 0.177. The Labute approximate surface area is 118 Å². The van der Waals surface area contributed by atoms with Gasteiger partial charge in [-0.1, -0.05) is 18.2 Å². The Morgan fingerprint density at radius 2 is 1.75 bits per heavy atom. The molecule has 1 N–H and O–H groups in total. The summed E-state index contributed by atoms with van der Waals surface area (Å²) in [6.45, 7) is 3.87. The fourth-order valence-corrected chi connectivity index (χ4v) is 2.49. The number of ether oxygens (including phenoxy) is 1. The Hall–Kier alpha value is -1.87. The molecule has 2 aromatic rings. The summed E-state index contributed by atoms with van der Waals surface area (Å²) in [7, 11) is 1.63. The number of aliphatic hydroxyl groups excluding tert-OH is 1. The molecule has 0 bridgehead atoms. The Balaban J connectivity index is 2.26. The molecular formula is C17H19FO2. The zero-order chi connectivity index (χ0) is 14.7. The molecule has 2 rings (SSSR count). The normalized spacial score (nSPS) is 12.2. The molecule has 0 aliphatic carbocycles. The highest BCUT2D eigenvalue weighted by Crippen LogP contribution is 2.28. The summed E-state index contributed by atoms with van der Waals surface area (Å²) < 4.78 is 18.9. The number of aliphatic hydroxyl groups is 1. The summed E-state index contributed by atoms with van der Waals surface area (Å²) in [6, 6.07) is 10.3. The van der Waals surface area contributed by atoms with Crippen molar-refractivity contribution >= 4 is 0 Å². The second kappa shape index (κ2) is 6.06. The van der Waals surface area contributed by atoms with Crippen LogP contribution in [0.4, 0.5) is 4.39 Å². The lowest BCUT2D eigenvalue weighted by atomic mass is 9.97. The standard InChI is InChI=1S/C17H19FO2/c1-11-8-14(9-12(2)17(11)20-3)16(19)10-13-6-4-5-7-15(13)18/h4-9,16,19H,10H2,1-3H3. The summed E-state index contributed by atoms with van der Waals surface area (Å²) in [6.07, 6.45) is -0.465. The molecule has 1 atom stereocenters. The van der Waals surface area contributed by atoms with E-state index in [0.717, 1.165) is 22.4 Å². The van der Waals surface area contributed by atoms with Crippen molar-refractivity contribution in [3.8, 4) is 5.75 Å². The Bertz CT molecular complexity index is 585. The van der Waals surface area contributed by atoms with Crippen LogP contribution < -0.4 is 4.74 Å². The second-order valence-electron chi connectivity index (χ2n) is 5.00. The minimum atomic E-state index is -0.727. The van der Waals surface area contributed by atoms with Gasteiger partial charge in [-0.25, -0.2) is 4.39 Å². The third-order valence-corrected chi connectivity index (χ3v) is 3.44. The molecule has 0 spiro atoms. The highest BCUT2D eigenvalue weighted by molar-refractivity contribution is 5.44. The average Bonchev–Trinajstić information content (AvgIpc) is 2.41. The SMILES string of the molecule is COc1c(C)cc(C(O)Cc2ccccc2F)cc1C. The van der Waals surface area contributed by atoms with Gasteiger partial charge in [0.2, 0.25) is 0 Å². The minimum Gasteiger partial charge on any atom is -0.496 e. The van der Waals surface area contributed by atoms with E-state index in [0.29, 0.717) is 5.56 Å². The topological polar surface area (TPSA) is 29.5 Å². The highest BCUT2D eigenvalue weighted by Gasteiger charge is 2.14. The molecule has 3 heteroatoms. The van der Waals surface area contributed by atoms with Crippen LogP contribution in [0, 0.1) is 19.7 Å². The van der Waals surface area contributed by atoms with Crippen molar-refractivity contribution in [1.29, 1.82) is 0 Å². The number of benzene rings is 2. The fourth-order valence-electron chi connectivity index (χ4n) is 2.49. The molecule has 106 valence electrons. The maximum atomic E-state index is 13.6. The third-order valence-electron chi connectivity index (χ3n) is 3.44. The van der Waals surface area contributed by atoms with Crippen LogP contribution in [0.15, 0.2) is 36.4 Å². The van der Waals surface area contributed by atoms with Gasteiger partial charge in [0.15, 0.2) is 0 Å². The second-order valence-corrected chi connectivity index (χ2v) is 5.00. The van der Waals surface area contributed by atoms with Gasteiger partial charge in [-0.2, -0.15) is 0 Å². The monoisotopic (exact) mass is 274 g/mol. The Morgan fingerprint density at radius 1 is 1.15 bits per heavy atom. The van der Waals surface area contributed by atoms with Crippen LogP contribution in [0.5, 0.6) is 5.75 Å². The van der Waals surface area contributed by atoms with Gasteiger partial charge in [-0.3, -0.25) is 0 Å². The zero-order valence-electron chi connectivity index (χ0n) is 12.0. The van der Waals surface area contributed by atoms with Gasteiger partial charge in [0, 0.05) is 6.42 Å². The molecule has 0 aliphatic rings. The Morgan fingerprint density at radius 3 is 2.30 bits per heavy atom. The molecule has 0 fully saturated rings. The van der Waals surface area contributed by atoms with Crippen LogP contribution in [0.25, 0.3) is 0 Å². The molecule has 0 radical (unpaired) electrons. The van der Waals surface area contributed by atoms with Gasteiger partial charge in [-0.15, -0.1) is 0 Å². The number of hydrogen-bond donors (Lipinski definition) is 1. The first-order valence-corrected chi connectivity index (χ1v) is 6.59. The maximum Gasteiger partial charge on any atom is 0.126 e. The van der Waals surface area contributed by atoms with Crippen molar-refractivity contribution in [2.24, 2.45) is 0 Å². The van der Waals surface area contributed by atoms with Crippen molar-refractivity contribution in [2.45, 2.75) is 26.4 Å². The molecule has 2 aromatic carbocycles. The van der Waals surface area contributed by atoms with Crippen LogP contribution in [-0.2, 0) is 6.42 Å². The van der Waals surface area contributed by atoms with E-state index in [1.54, 1.807) is 25.3 Å². The highest BCUT2D eigenvalue weighted by atomic mass is 19.1. The van der Waals surface area contributed by atoms with Gasteiger partial charge in [0.1, 0.15) is 11.6 Å². The third kappa shape index (κ3) is 2.99. The minimum absolute atomic E-state index is 0.262. The first kappa shape index (κ1) is 14.5. The van der Waals surface area contributed by atoms with Gasteiger partial charge < -0.3 is 9.84 Å². The molecule has 0 aromatic heterocycles. The van der Waals surface area contributed by atoms with Crippen LogP contribution in [0.2, 0.25) is 0 Å². The Kier molecular flexibility index (Phi) is 4.40. The number of methoxy groups -OCH3 is 1. The van der Waals surface area contributed by atoms with Crippen LogP contribution in [-0.4, -0.2) is 12.2 Å². The van der Waals surface area contributed by atoms with Crippen LogP contribution in [0.1, 0.15) is 28.4 Å². The number of aryl methyl sites for hydroxylation is 2. The van der Waals surface area contributed by atoms with Crippen molar-refractivity contribution < 1.29 is 14.2 Å². The van der Waals surface area contributed by atoms with Gasteiger partial charge in [0.05, 0.1) is 13.2 Å². The lowest BCUT2D eigenvalue weighted by Crippen LogP contribution is -2.05. The number of hydrogen-bond acceptors (Lipinski definition) is 2. The summed E-state index contributed by atoms with van der Waals surface area (Å²) in [5, 5.41) is 10.3. The van der Waals surface area contributed by atoms with E-state index in [4.69, 9.17) is 4.74 Å². The van der Waals surface area contributed by atoms with E-state index in [1.807, 2.05) is 26.0 Å². The molecule has 0 saturated carbocycles. The predicted octanol–water partition coefficient (Wildman–Crippen LogP) is 3.73. The van der Waals surface area contributed by atoms with E-state index in [-0.39, 0.29) is 12.2 Å². The average molecular weight is 274 g/mol. The van der Waals surface area contributed by atoms with Gasteiger partial charge in [-0.05, 0) is 54.3 Å². The van der Waals surface area contributed by atoms with Crippen molar-refractivity contribution in [3.63, 3.8) is 0 Å². The van der Waals surface area contributed by atoms with E-state index in [1.165, 1.54) is 6.07 Å².